The van der Waals surface area contributed by atoms with Gasteiger partial charge in [0.2, 0.25) is 5.91 Å². The highest BCUT2D eigenvalue weighted by Gasteiger charge is 2.63. The van der Waals surface area contributed by atoms with Gasteiger partial charge < -0.3 is 14.6 Å². The monoisotopic (exact) mass is 586 g/mol. The number of benzene rings is 1. The summed E-state index contributed by atoms with van der Waals surface area (Å²) in [5, 5.41) is 11.6. The fraction of sp³-hybridized carbons (Fsp3) is 0.577. The molecule has 216 valence electrons. The van der Waals surface area contributed by atoms with Crippen LogP contribution < -0.4 is 10.2 Å². The first-order valence-corrected chi connectivity index (χ1v) is 14.8. The summed E-state index contributed by atoms with van der Waals surface area (Å²) in [5.74, 6) is -9.48. The van der Waals surface area contributed by atoms with Crippen LogP contribution in [-0.2, 0) is 20.6 Å². The lowest BCUT2D eigenvalue weighted by atomic mass is 9.76. The van der Waals surface area contributed by atoms with Crippen LogP contribution in [0, 0.1) is 17.2 Å². The van der Waals surface area contributed by atoms with E-state index in [-0.39, 0.29) is 30.1 Å². The number of aromatic nitrogens is 1. The molecule has 14 heteroatoms. The van der Waals surface area contributed by atoms with Crippen molar-refractivity contribution in [3.8, 4) is 17.3 Å². The third-order valence-electron chi connectivity index (χ3n) is 8.00. The van der Waals surface area contributed by atoms with Crippen molar-refractivity contribution in [2.24, 2.45) is 5.92 Å². The highest BCUT2D eigenvalue weighted by Crippen LogP contribution is 2.49. The predicted molar refractivity (Wildman–Crippen MR) is 133 cm³/mol. The van der Waals surface area contributed by atoms with Gasteiger partial charge in [0.25, 0.3) is 5.89 Å². The molecule has 3 fully saturated rings. The summed E-state index contributed by atoms with van der Waals surface area (Å²) in [6.07, 6.45) is -1.94. The van der Waals surface area contributed by atoms with Crippen molar-refractivity contribution >= 4 is 21.4 Å². The molecule has 2 unspecified atom stereocenters. The second-order valence-electron chi connectivity index (χ2n) is 10.9. The number of sulfone groups is 1. The summed E-state index contributed by atoms with van der Waals surface area (Å²) >= 11 is 0. The van der Waals surface area contributed by atoms with E-state index >= 15 is 0 Å². The van der Waals surface area contributed by atoms with Crippen molar-refractivity contribution in [1.82, 2.24) is 10.3 Å². The third-order valence-corrected chi connectivity index (χ3v) is 9.51. The number of nitrogens with one attached hydrogen (secondary N) is 1. The molecule has 0 radical (unpaired) electrons. The van der Waals surface area contributed by atoms with Crippen LogP contribution in [-0.4, -0.2) is 55.6 Å². The molecule has 40 heavy (non-hydrogen) atoms. The van der Waals surface area contributed by atoms with Gasteiger partial charge in [-0.05, 0) is 37.8 Å². The lowest BCUT2D eigenvalue weighted by Gasteiger charge is -2.39. The minimum Gasteiger partial charge on any atom is -0.439 e. The first-order chi connectivity index (χ1) is 18.6. The number of anilines is 1. The molecule has 0 spiro atoms. The van der Waals surface area contributed by atoms with Crippen LogP contribution in [0.15, 0.2) is 28.7 Å². The number of carbonyl (C=O) groups is 1. The lowest BCUT2D eigenvalue weighted by Crippen LogP contribution is -2.54. The Labute approximate surface area is 227 Å². The molecule has 3 aliphatic rings. The van der Waals surface area contributed by atoms with Gasteiger partial charge in [-0.15, -0.1) is 0 Å². The highest BCUT2D eigenvalue weighted by atomic mass is 32.2. The molecule has 1 N–H and O–H groups in total. The highest BCUT2D eigenvalue weighted by molar-refractivity contribution is 7.91. The number of nitriles is 1. The van der Waals surface area contributed by atoms with Crippen molar-refractivity contribution in [1.29, 1.82) is 5.26 Å². The molecule has 1 aromatic carbocycles. The van der Waals surface area contributed by atoms with E-state index < -0.39 is 56.4 Å². The van der Waals surface area contributed by atoms with Gasteiger partial charge in [0.05, 0.1) is 11.3 Å². The first kappa shape index (κ1) is 28.3. The maximum Gasteiger partial charge on any atom is 0.463 e. The second-order valence-corrected chi connectivity index (χ2v) is 13.2. The largest absolute Gasteiger partial charge is 0.463 e. The standard InChI is InChI=1S/C26H27F5N4O4S/c1-40(37,38)17-12-35(13-17)16-8-6-15(7-9-16)20-21(39-23(33-20)25(27,28)26(29,30)31)18-4-2-3-5-19(18)22(36)34-24(14-32)10-11-24/h6-9,17-19H,2-5,10-13H2,1H3,(H,34,36). The van der Waals surface area contributed by atoms with Gasteiger partial charge in [-0.25, -0.2) is 13.4 Å². The molecule has 0 bridgehead atoms. The molecular formula is C26H27F5N4O4S. The molecule has 8 nitrogen and oxygen atoms in total. The van der Waals surface area contributed by atoms with E-state index in [1.54, 1.807) is 17.0 Å². The Balaban J connectivity index is 1.49. The molecule has 1 aromatic heterocycles. The number of oxazole rings is 1. The van der Waals surface area contributed by atoms with E-state index in [2.05, 4.69) is 16.4 Å². The van der Waals surface area contributed by atoms with Gasteiger partial charge in [0.1, 0.15) is 17.0 Å². The topological polar surface area (TPSA) is 116 Å². The third kappa shape index (κ3) is 5.15. The van der Waals surface area contributed by atoms with Crippen molar-refractivity contribution < 1.29 is 39.6 Å². The van der Waals surface area contributed by atoms with E-state index in [1.165, 1.54) is 12.1 Å². The predicted octanol–water partition coefficient (Wildman–Crippen LogP) is 4.68. The maximum atomic E-state index is 14.4. The van der Waals surface area contributed by atoms with Gasteiger partial charge in [-0.2, -0.15) is 27.2 Å². The molecule has 1 aliphatic heterocycles. The molecule has 2 saturated carbocycles. The number of alkyl halides is 5. The molecule has 1 saturated heterocycles. The van der Waals surface area contributed by atoms with Crippen LogP contribution >= 0.6 is 0 Å². The van der Waals surface area contributed by atoms with Crippen molar-refractivity contribution in [3.05, 3.63) is 35.9 Å². The van der Waals surface area contributed by atoms with Crippen LogP contribution in [0.25, 0.3) is 11.3 Å². The van der Waals surface area contributed by atoms with Crippen molar-refractivity contribution in [3.63, 3.8) is 0 Å². The molecule has 2 heterocycles. The average molecular weight is 587 g/mol. The average Bonchev–Trinajstić information content (AvgIpc) is 3.48. The Kier molecular flexibility index (Phi) is 6.88. The van der Waals surface area contributed by atoms with E-state index in [9.17, 15) is 40.4 Å². The zero-order valence-electron chi connectivity index (χ0n) is 21.5. The van der Waals surface area contributed by atoms with E-state index in [0.29, 0.717) is 44.2 Å². The molecular weight excluding hydrogens is 559 g/mol. The Bertz CT molecular complexity index is 1440. The number of hydrogen-bond acceptors (Lipinski definition) is 7. The first-order valence-electron chi connectivity index (χ1n) is 12.9. The number of amides is 1. The number of halogens is 5. The summed E-state index contributed by atoms with van der Waals surface area (Å²) in [4.78, 5) is 18.6. The van der Waals surface area contributed by atoms with Gasteiger partial charge in [0, 0.05) is 42.4 Å². The van der Waals surface area contributed by atoms with Gasteiger partial charge in [0.15, 0.2) is 9.84 Å². The zero-order chi connectivity index (χ0) is 29.1. The quantitative estimate of drug-likeness (QED) is 0.469. The summed E-state index contributed by atoms with van der Waals surface area (Å²) in [5.41, 5.74) is -0.321. The van der Waals surface area contributed by atoms with Gasteiger partial charge in [-0.3, -0.25) is 4.79 Å². The van der Waals surface area contributed by atoms with E-state index in [0.717, 1.165) is 6.26 Å². The Morgan fingerprint density at radius 1 is 1.12 bits per heavy atom. The fourth-order valence-corrected chi connectivity index (χ4v) is 6.17. The molecule has 2 aliphatic carbocycles. The molecule has 1 amide bonds. The fourth-order valence-electron chi connectivity index (χ4n) is 5.27. The smallest absolute Gasteiger partial charge is 0.439 e. The van der Waals surface area contributed by atoms with Gasteiger partial charge >= 0.3 is 12.1 Å². The van der Waals surface area contributed by atoms with Gasteiger partial charge in [-0.1, -0.05) is 25.0 Å². The van der Waals surface area contributed by atoms with Crippen molar-refractivity contribution in [2.45, 2.75) is 67.3 Å². The van der Waals surface area contributed by atoms with Crippen LogP contribution in [0.2, 0.25) is 0 Å². The number of rotatable bonds is 7. The van der Waals surface area contributed by atoms with E-state index in [1.807, 2.05) is 0 Å². The normalized spacial score (nSPS) is 23.3. The summed E-state index contributed by atoms with van der Waals surface area (Å²) in [6.45, 7) is 0.552. The Hall–Kier alpha value is -3.21. The Morgan fingerprint density at radius 2 is 1.75 bits per heavy atom. The van der Waals surface area contributed by atoms with Crippen LogP contribution in [0.5, 0.6) is 0 Å². The minimum atomic E-state index is -5.95. The zero-order valence-corrected chi connectivity index (χ0v) is 22.3. The van der Waals surface area contributed by atoms with Crippen molar-refractivity contribution in [2.75, 3.05) is 24.2 Å². The lowest BCUT2D eigenvalue weighted by molar-refractivity contribution is -0.297. The summed E-state index contributed by atoms with van der Waals surface area (Å²) in [7, 11) is -3.20. The molecule has 2 atom stereocenters. The maximum absolute atomic E-state index is 14.4. The number of nitrogens with zero attached hydrogens (tertiary/aromatic N) is 3. The van der Waals surface area contributed by atoms with Crippen LogP contribution in [0.3, 0.4) is 0 Å². The van der Waals surface area contributed by atoms with Crippen LogP contribution in [0.1, 0.15) is 56.1 Å². The number of carbonyl (C=O) groups excluding carboxylic acids is 1. The van der Waals surface area contributed by atoms with E-state index in [4.69, 9.17) is 4.42 Å². The SMILES string of the molecule is CS(=O)(=O)C1CN(c2ccc(-c3nc(C(F)(F)C(F)(F)F)oc3C3CCCCC3C(=O)NC3(C#N)CC3)cc2)C1. The summed E-state index contributed by atoms with van der Waals surface area (Å²) in [6, 6.07) is 8.25. The Morgan fingerprint density at radius 3 is 2.30 bits per heavy atom. The second kappa shape index (κ2) is 9.71. The minimum absolute atomic E-state index is 0.214. The molecule has 5 rings (SSSR count). The summed E-state index contributed by atoms with van der Waals surface area (Å²) < 4.78 is 97.1. The number of hydrogen-bond donors (Lipinski definition) is 1. The van der Waals surface area contributed by atoms with Crippen LogP contribution in [0.4, 0.5) is 27.6 Å². The molecule has 2 aromatic rings.